The molecular weight excluding hydrogens is 542 g/mol. The minimum atomic E-state index is -4.57. The molecule has 0 radical (unpaired) electrons. The van der Waals surface area contributed by atoms with Crippen molar-refractivity contribution in [3.05, 3.63) is 88.2 Å². The molecule has 7 nitrogen and oxygen atoms in total. The van der Waals surface area contributed by atoms with Crippen LogP contribution in [0.4, 0.5) is 8.78 Å². The van der Waals surface area contributed by atoms with Gasteiger partial charge in [-0.2, -0.15) is 9.98 Å². The molecule has 0 saturated carbocycles. The number of sulfonamides is 1. The van der Waals surface area contributed by atoms with E-state index in [1.54, 1.807) is 36.9 Å². The number of amides is 1. The molecule has 11 heteroatoms. The summed E-state index contributed by atoms with van der Waals surface area (Å²) < 4.78 is 57.8. The number of rotatable bonds is 9. The standard InChI is InChI=1S/C24H23BrF2N4O3S/c1-16(17-7-4-3-5-8-17)30(2)24(32)22(10-12-31-11-6-9-19(31)15-28)29-35(33,34)23-20(25)13-18(26)14-21(23)27/h3-9,11,13-14,16,22,29H,10,12H2,1-2H3/t16-,22?/m1/s1. The summed E-state index contributed by atoms with van der Waals surface area (Å²) in [5.41, 5.74) is 1.19. The summed E-state index contributed by atoms with van der Waals surface area (Å²) in [7, 11) is -3.03. The summed E-state index contributed by atoms with van der Waals surface area (Å²) in [6.45, 7) is 1.95. The second-order valence-electron chi connectivity index (χ2n) is 7.90. The zero-order chi connectivity index (χ0) is 25.8. The lowest BCUT2D eigenvalue weighted by molar-refractivity contribution is -0.133. The Morgan fingerprint density at radius 2 is 1.89 bits per heavy atom. The Kier molecular flexibility index (Phi) is 8.43. The lowest BCUT2D eigenvalue weighted by Gasteiger charge is -2.30. The fourth-order valence-corrected chi connectivity index (χ4v) is 6.03. The maximum Gasteiger partial charge on any atom is 0.245 e. The Bertz CT molecular complexity index is 1330. The van der Waals surface area contributed by atoms with Gasteiger partial charge in [0.15, 0.2) is 0 Å². The van der Waals surface area contributed by atoms with Crippen LogP contribution in [0.3, 0.4) is 0 Å². The third-order valence-electron chi connectivity index (χ3n) is 5.64. The first-order valence-corrected chi connectivity index (χ1v) is 12.9. The number of nitriles is 1. The number of likely N-dealkylation sites (N-methyl/N-ethyl adjacent to an activating group) is 1. The number of carbonyl (C=O) groups is 1. The van der Waals surface area contributed by atoms with Crippen molar-refractivity contribution in [3.8, 4) is 6.07 Å². The van der Waals surface area contributed by atoms with E-state index in [0.717, 1.165) is 11.6 Å². The van der Waals surface area contributed by atoms with Crippen LogP contribution in [0.25, 0.3) is 0 Å². The number of carbonyl (C=O) groups excluding carboxylic acids is 1. The molecule has 0 fully saturated rings. The molecule has 0 saturated heterocycles. The fourth-order valence-electron chi connectivity index (χ4n) is 3.64. The van der Waals surface area contributed by atoms with E-state index in [2.05, 4.69) is 20.7 Å². The lowest BCUT2D eigenvalue weighted by atomic mass is 10.1. The van der Waals surface area contributed by atoms with Crippen molar-refractivity contribution in [3.63, 3.8) is 0 Å². The van der Waals surface area contributed by atoms with E-state index in [0.29, 0.717) is 11.8 Å². The molecule has 2 atom stereocenters. The van der Waals surface area contributed by atoms with Crippen LogP contribution in [0, 0.1) is 23.0 Å². The predicted molar refractivity (Wildman–Crippen MR) is 130 cm³/mol. The maximum absolute atomic E-state index is 14.4. The number of nitrogens with one attached hydrogen (secondary N) is 1. The second-order valence-corrected chi connectivity index (χ2v) is 10.4. The average Bonchev–Trinajstić information content (AvgIpc) is 3.27. The van der Waals surface area contributed by atoms with Gasteiger partial charge in [-0.15, -0.1) is 0 Å². The van der Waals surface area contributed by atoms with Crippen LogP contribution in [0.2, 0.25) is 0 Å². The number of hydrogen-bond acceptors (Lipinski definition) is 4. The molecule has 0 bridgehead atoms. The topological polar surface area (TPSA) is 95.2 Å². The van der Waals surface area contributed by atoms with Gasteiger partial charge < -0.3 is 9.47 Å². The van der Waals surface area contributed by atoms with Crippen LogP contribution in [0.1, 0.15) is 30.6 Å². The van der Waals surface area contributed by atoms with Gasteiger partial charge in [-0.1, -0.05) is 30.3 Å². The lowest BCUT2D eigenvalue weighted by Crippen LogP contribution is -2.48. The van der Waals surface area contributed by atoms with Gasteiger partial charge in [0.05, 0.1) is 6.04 Å². The quantitative estimate of drug-likeness (QED) is 0.417. The minimum absolute atomic E-state index is 0.0201. The van der Waals surface area contributed by atoms with Crippen LogP contribution >= 0.6 is 15.9 Å². The smallest absolute Gasteiger partial charge is 0.245 e. The summed E-state index contributed by atoms with van der Waals surface area (Å²) >= 11 is 2.90. The van der Waals surface area contributed by atoms with E-state index in [1.165, 1.54) is 4.90 Å². The van der Waals surface area contributed by atoms with Crippen LogP contribution in [0.5, 0.6) is 0 Å². The Labute approximate surface area is 211 Å². The van der Waals surface area contributed by atoms with Crippen molar-refractivity contribution >= 4 is 31.9 Å². The van der Waals surface area contributed by atoms with Crippen LogP contribution in [-0.2, 0) is 21.4 Å². The third kappa shape index (κ3) is 6.14. The second kappa shape index (κ2) is 11.1. The predicted octanol–water partition coefficient (Wildman–Crippen LogP) is 4.36. The first-order chi connectivity index (χ1) is 16.5. The molecule has 35 heavy (non-hydrogen) atoms. The largest absolute Gasteiger partial charge is 0.339 e. The van der Waals surface area contributed by atoms with Crippen LogP contribution < -0.4 is 4.72 Å². The van der Waals surface area contributed by atoms with E-state index in [-0.39, 0.29) is 23.5 Å². The van der Waals surface area contributed by atoms with Gasteiger partial charge in [0, 0.05) is 30.3 Å². The molecule has 3 rings (SSSR count). The molecule has 184 valence electrons. The van der Waals surface area contributed by atoms with E-state index in [4.69, 9.17) is 0 Å². The van der Waals surface area contributed by atoms with Crippen molar-refractivity contribution < 1.29 is 22.0 Å². The molecule has 0 aliphatic rings. The van der Waals surface area contributed by atoms with Crippen LogP contribution in [0.15, 0.2) is 70.2 Å². The molecule has 2 aromatic carbocycles. The van der Waals surface area contributed by atoms with Crippen molar-refractivity contribution in [2.45, 2.75) is 36.9 Å². The highest BCUT2D eigenvalue weighted by molar-refractivity contribution is 9.10. The summed E-state index contributed by atoms with van der Waals surface area (Å²) in [5, 5.41) is 9.25. The molecule has 3 aromatic rings. The number of benzene rings is 2. The molecule has 0 spiro atoms. The molecule has 0 aliphatic carbocycles. The van der Waals surface area contributed by atoms with E-state index < -0.39 is 38.5 Å². The molecule has 1 heterocycles. The van der Waals surface area contributed by atoms with Crippen molar-refractivity contribution in [2.75, 3.05) is 7.05 Å². The van der Waals surface area contributed by atoms with Gasteiger partial charge in [-0.3, -0.25) is 4.79 Å². The third-order valence-corrected chi connectivity index (χ3v) is 8.08. The van der Waals surface area contributed by atoms with Crippen LogP contribution in [-0.4, -0.2) is 36.9 Å². The van der Waals surface area contributed by atoms with Gasteiger partial charge in [-0.25, -0.2) is 17.2 Å². The first kappa shape index (κ1) is 26.5. The summed E-state index contributed by atoms with van der Waals surface area (Å²) in [6, 6.07) is 14.1. The highest BCUT2D eigenvalue weighted by Crippen LogP contribution is 2.27. The highest BCUT2D eigenvalue weighted by atomic mass is 79.9. The first-order valence-electron chi connectivity index (χ1n) is 10.6. The zero-order valence-electron chi connectivity index (χ0n) is 19.0. The Hall–Kier alpha value is -3.07. The average molecular weight is 565 g/mol. The molecule has 1 unspecified atom stereocenters. The van der Waals surface area contributed by atoms with Gasteiger partial charge in [-0.05, 0) is 53.0 Å². The van der Waals surface area contributed by atoms with Gasteiger partial charge >= 0.3 is 0 Å². The Balaban J connectivity index is 1.93. The Morgan fingerprint density at radius 1 is 1.20 bits per heavy atom. The molecule has 1 aromatic heterocycles. The van der Waals surface area contributed by atoms with E-state index in [1.807, 2.05) is 36.4 Å². The fraction of sp³-hybridized carbons (Fsp3) is 0.250. The molecule has 1 amide bonds. The number of nitrogens with zero attached hydrogens (tertiary/aromatic N) is 3. The van der Waals surface area contributed by atoms with Gasteiger partial charge in [0.1, 0.15) is 34.3 Å². The number of hydrogen-bond donors (Lipinski definition) is 1. The van der Waals surface area contributed by atoms with E-state index in [9.17, 15) is 27.3 Å². The SMILES string of the molecule is C[C@H](c1ccccc1)N(C)C(=O)C(CCn1cccc1C#N)NS(=O)(=O)c1c(F)cc(F)cc1Br. The number of aryl methyl sites for hydroxylation is 1. The molecular formula is C24H23BrF2N4O3S. The van der Waals surface area contributed by atoms with Crippen molar-refractivity contribution in [1.29, 1.82) is 5.26 Å². The summed E-state index contributed by atoms with van der Waals surface area (Å²) in [4.78, 5) is 14.1. The zero-order valence-corrected chi connectivity index (χ0v) is 21.4. The van der Waals surface area contributed by atoms with Crippen molar-refractivity contribution in [2.24, 2.45) is 0 Å². The monoisotopic (exact) mass is 564 g/mol. The highest BCUT2D eigenvalue weighted by Gasteiger charge is 2.32. The minimum Gasteiger partial charge on any atom is -0.339 e. The number of halogens is 3. The molecule has 0 aliphatic heterocycles. The maximum atomic E-state index is 14.4. The van der Waals surface area contributed by atoms with Gasteiger partial charge in [0.25, 0.3) is 0 Å². The molecule has 1 N–H and O–H groups in total. The summed E-state index contributed by atoms with van der Waals surface area (Å²) in [5.74, 6) is -2.79. The Morgan fingerprint density at radius 3 is 2.51 bits per heavy atom. The van der Waals surface area contributed by atoms with Gasteiger partial charge in [0.2, 0.25) is 15.9 Å². The van der Waals surface area contributed by atoms with E-state index >= 15 is 0 Å². The van der Waals surface area contributed by atoms with Crippen molar-refractivity contribution in [1.82, 2.24) is 14.2 Å². The summed E-state index contributed by atoms with van der Waals surface area (Å²) in [6.07, 6.45) is 1.62. The normalized spacial score (nSPS) is 13.1. The number of aromatic nitrogens is 1.